The van der Waals surface area contributed by atoms with E-state index in [1.165, 1.54) is 0 Å². The molecule has 0 N–H and O–H groups in total. The molecule has 3 aromatic rings. The second-order valence-corrected chi connectivity index (χ2v) is 7.72. The summed E-state index contributed by atoms with van der Waals surface area (Å²) in [5.41, 5.74) is 2.80. The Morgan fingerprint density at radius 2 is 1.55 bits per heavy atom. The van der Waals surface area contributed by atoms with Gasteiger partial charge in [-0.05, 0) is 28.8 Å². The minimum absolute atomic E-state index is 0.0717. The van der Waals surface area contributed by atoms with Gasteiger partial charge in [-0.2, -0.15) is 0 Å². The quantitative estimate of drug-likeness (QED) is 0.721. The maximum Gasteiger partial charge on any atom is 0.158 e. The van der Waals surface area contributed by atoms with Crippen LogP contribution < -0.4 is 0 Å². The van der Waals surface area contributed by atoms with Crippen LogP contribution in [0.1, 0.15) is 16.7 Å². The van der Waals surface area contributed by atoms with E-state index in [-0.39, 0.29) is 11.5 Å². The summed E-state index contributed by atoms with van der Waals surface area (Å²) in [6.45, 7) is 1.97. The molecule has 0 atom stereocenters. The molecule has 22 heavy (non-hydrogen) atoms. The largest absolute Gasteiger partial charge is 0.228 e. The van der Waals surface area contributed by atoms with Gasteiger partial charge in [-0.25, -0.2) is 8.42 Å². The third-order valence-corrected chi connectivity index (χ3v) is 5.25. The highest BCUT2D eigenvalue weighted by atomic mass is 32.2. The zero-order valence-electron chi connectivity index (χ0n) is 12.5. The Bertz CT molecular complexity index is 906. The monoisotopic (exact) mass is 310 g/mol. The van der Waals surface area contributed by atoms with Crippen molar-refractivity contribution in [2.45, 2.75) is 18.4 Å². The molecular weight excluding hydrogens is 292 g/mol. The molecule has 2 nitrogen and oxygen atoms in total. The summed E-state index contributed by atoms with van der Waals surface area (Å²) in [5.74, 6) is 0.153. The predicted octanol–water partition coefficient (Wildman–Crippen LogP) is 4.26. The normalized spacial score (nSPS) is 11.7. The van der Waals surface area contributed by atoms with Crippen LogP contribution >= 0.6 is 0 Å². The molecule has 112 valence electrons. The number of hydrogen-bond donors (Lipinski definition) is 0. The first-order valence-corrected chi connectivity index (χ1v) is 9.08. The highest BCUT2D eigenvalue weighted by molar-refractivity contribution is 7.89. The van der Waals surface area contributed by atoms with Crippen LogP contribution in [0.25, 0.3) is 10.8 Å². The van der Waals surface area contributed by atoms with Gasteiger partial charge in [0.2, 0.25) is 0 Å². The Balaban J connectivity index is 1.90. The molecule has 0 bridgehead atoms. The second kappa shape index (κ2) is 5.93. The molecule has 0 unspecified atom stereocenters. The average Bonchev–Trinajstić information content (AvgIpc) is 2.47. The van der Waals surface area contributed by atoms with E-state index in [4.69, 9.17) is 0 Å². The van der Waals surface area contributed by atoms with Gasteiger partial charge >= 0.3 is 0 Å². The number of sulfone groups is 1. The third-order valence-electron chi connectivity index (χ3n) is 3.72. The molecule has 3 heteroatoms. The maximum atomic E-state index is 12.5. The lowest BCUT2D eigenvalue weighted by atomic mass is 10.1. The number of rotatable bonds is 4. The molecule has 0 amide bonds. The van der Waals surface area contributed by atoms with Gasteiger partial charge < -0.3 is 0 Å². The van der Waals surface area contributed by atoms with E-state index in [2.05, 4.69) is 0 Å². The van der Waals surface area contributed by atoms with Crippen LogP contribution in [-0.2, 0) is 21.3 Å². The Morgan fingerprint density at radius 1 is 0.818 bits per heavy atom. The standard InChI is InChI=1S/C19H18O2S/c1-15-6-4-7-16(12-15)13-22(20,21)14-18-10-5-9-17-8-2-3-11-19(17)18/h2-12H,13-14H2,1H3. The molecule has 0 aliphatic heterocycles. The van der Waals surface area contributed by atoms with E-state index in [0.717, 1.165) is 27.5 Å². The number of fused-ring (bicyclic) bond motifs is 1. The van der Waals surface area contributed by atoms with E-state index in [0.29, 0.717) is 0 Å². The molecule has 0 saturated heterocycles. The molecule has 3 aromatic carbocycles. The Morgan fingerprint density at radius 3 is 2.36 bits per heavy atom. The SMILES string of the molecule is Cc1cccc(CS(=O)(=O)Cc2cccc3ccccc23)c1. The first kappa shape index (κ1) is 14.8. The lowest BCUT2D eigenvalue weighted by Gasteiger charge is -2.08. The van der Waals surface area contributed by atoms with Gasteiger partial charge in [0, 0.05) is 0 Å². The van der Waals surface area contributed by atoms with E-state index in [9.17, 15) is 8.42 Å². The minimum Gasteiger partial charge on any atom is -0.228 e. The van der Waals surface area contributed by atoms with Gasteiger partial charge in [0.25, 0.3) is 0 Å². The fraction of sp³-hybridized carbons (Fsp3) is 0.158. The number of aryl methyl sites for hydroxylation is 1. The fourth-order valence-electron chi connectivity index (χ4n) is 2.76. The van der Waals surface area contributed by atoms with Crippen molar-refractivity contribution in [1.29, 1.82) is 0 Å². The molecule has 3 rings (SSSR count). The fourth-order valence-corrected chi connectivity index (χ4v) is 4.28. The lowest BCUT2D eigenvalue weighted by Crippen LogP contribution is -2.08. The van der Waals surface area contributed by atoms with Crippen LogP contribution in [0.4, 0.5) is 0 Å². The summed E-state index contributed by atoms with van der Waals surface area (Å²) < 4.78 is 25.0. The summed E-state index contributed by atoms with van der Waals surface area (Å²) >= 11 is 0. The van der Waals surface area contributed by atoms with Gasteiger partial charge in [-0.15, -0.1) is 0 Å². The zero-order chi connectivity index (χ0) is 15.6. The smallest absolute Gasteiger partial charge is 0.158 e. The van der Waals surface area contributed by atoms with Crippen molar-refractivity contribution >= 4 is 20.6 Å². The molecule has 0 aliphatic rings. The molecule has 0 aliphatic carbocycles. The highest BCUT2D eigenvalue weighted by Gasteiger charge is 2.15. The predicted molar refractivity (Wildman–Crippen MR) is 91.5 cm³/mol. The van der Waals surface area contributed by atoms with Crippen molar-refractivity contribution < 1.29 is 8.42 Å². The lowest BCUT2D eigenvalue weighted by molar-refractivity contribution is 0.594. The molecular formula is C19H18O2S. The molecule has 0 spiro atoms. The van der Waals surface area contributed by atoms with Gasteiger partial charge in [-0.3, -0.25) is 0 Å². The molecule has 0 aromatic heterocycles. The Labute approximate surface area is 131 Å². The van der Waals surface area contributed by atoms with Gasteiger partial charge in [-0.1, -0.05) is 72.3 Å². The van der Waals surface area contributed by atoms with Crippen LogP contribution in [-0.4, -0.2) is 8.42 Å². The van der Waals surface area contributed by atoms with Gasteiger partial charge in [0.15, 0.2) is 9.84 Å². The van der Waals surface area contributed by atoms with E-state index < -0.39 is 9.84 Å². The van der Waals surface area contributed by atoms with E-state index in [1.807, 2.05) is 73.7 Å². The van der Waals surface area contributed by atoms with Crippen LogP contribution in [0.5, 0.6) is 0 Å². The topological polar surface area (TPSA) is 34.1 Å². The Kier molecular flexibility index (Phi) is 3.99. The van der Waals surface area contributed by atoms with E-state index >= 15 is 0 Å². The summed E-state index contributed by atoms with van der Waals surface area (Å²) in [7, 11) is -3.20. The molecule has 0 saturated carbocycles. The first-order chi connectivity index (χ1) is 10.5. The van der Waals surface area contributed by atoms with Crippen molar-refractivity contribution in [2.24, 2.45) is 0 Å². The summed E-state index contributed by atoms with van der Waals surface area (Å²) in [4.78, 5) is 0. The zero-order valence-corrected chi connectivity index (χ0v) is 13.3. The van der Waals surface area contributed by atoms with Crippen LogP contribution in [0.2, 0.25) is 0 Å². The highest BCUT2D eigenvalue weighted by Crippen LogP contribution is 2.22. The van der Waals surface area contributed by atoms with Crippen molar-refractivity contribution in [1.82, 2.24) is 0 Å². The summed E-state index contributed by atoms with van der Waals surface area (Å²) in [5, 5.41) is 2.09. The summed E-state index contributed by atoms with van der Waals surface area (Å²) in [6, 6.07) is 21.4. The second-order valence-electron chi connectivity index (χ2n) is 5.66. The van der Waals surface area contributed by atoms with Crippen molar-refractivity contribution in [3.05, 3.63) is 83.4 Å². The van der Waals surface area contributed by atoms with E-state index in [1.54, 1.807) is 0 Å². The Hall–Kier alpha value is -2.13. The molecule has 0 heterocycles. The van der Waals surface area contributed by atoms with Crippen molar-refractivity contribution in [2.75, 3.05) is 0 Å². The van der Waals surface area contributed by atoms with Gasteiger partial charge in [0.1, 0.15) is 0 Å². The van der Waals surface area contributed by atoms with Crippen LogP contribution in [0.3, 0.4) is 0 Å². The average molecular weight is 310 g/mol. The van der Waals surface area contributed by atoms with Gasteiger partial charge in [0.05, 0.1) is 11.5 Å². The third kappa shape index (κ3) is 3.37. The molecule has 0 radical (unpaired) electrons. The minimum atomic E-state index is -3.20. The first-order valence-electron chi connectivity index (χ1n) is 7.26. The van der Waals surface area contributed by atoms with Crippen LogP contribution in [0, 0.1) is 6.92 Å². The number of hydrogen-bond acceptors (Lipinski definition) is 2. The number of benzene rings is 3. The maximum absolute atomic E-state index is 12.5. The van der Waals surface area contributed by atoms with Crippen LogP contribution in [0.15, 0.2) is 66.7 Å². The van der Waals surface area contributed by atoms with Crippen molar-refractivity contribution in [3.63, 3.8) is 0 Å². The molecule has 0 fully saturated rings. The van der Waals surface area contributed by atoms with Crippen molar-refractivity contribution in [3.8, 4) is 0 Å². The summed E-state index contributed by atoms with van der Waals surface area (Å²) in [6.07, 6.45) is 0.